The Hall–Kier alpha value is -3.77. The topological polar surface area (TPSA) is 67.9 Å². The third-order valence-electron chi connectivity index (χ3n) is 5.04. The van der Waals surface area contributed by atoms with Crippen molar-refractivity contribution in [2.24, 2.45) is 0 Å². The van der Waals surface area contributed by atoms with Gasteiger partial charge in [-0.25, -0.2) is 4.90 Å². The minimum Gasteiger partial charge on any atom is -0.494 e. The van der Waals surface area contributed by atoms with Gasteiger partial charge in [0.15, 0.2) is 0 Å². The van der Waals surface area contributed by atoms with E-state index in [1.54, 1.807) is 54.6 Å². The number of benzene rings is 3. The van der Waals surface area contributed by atoms with Crippen molar-refractivity contribution in [3.8, 4) is 11.5 Å². The largest absolute Gasteiger partial charge is 0.494 e. The minimum atomic E-state index is -0.451. The lowest BCUT2D eigenvalue weighted by Gasteiger charge is -2.15. The zero-order valence-corrected chi connectivity index (χ0v) is 19.1. The third-order valence-corrected chi connectivity index (χ3v) is 5.29. The van der Waals surface area contributed by atoms with Crippen molar-refractivity contribution in [2.45, 2.75) is 13.8 Å². The number of imide groups is 1. The molecule has 33 heavy (non-hydrogen) atoms. The maximum Gasteiger partial charge on any atom is 0.282 e. The first-order chi connectivity index (χ1) is 16.0. The summed E-state index contributed by atoms with van der Waals surface area (Å²) in [4.78, 5) is 28.1. The van der Waals surface area contributed by atoms with Crippen LogP contribution in [0.25, 0.3) is 5.57 Å². The highest BCUT2D eigenvalue weighted by atomic mass is 35.5. The molecule has 2 amide bonds. The summed E-state index contributed by atoms with van der Waals surface area (Å²) >= 11 is 6.00. The zero-order chi connectivity index (χ0) is 23.4. The van der Waals surface area contributed by atoms with Crippen LogP contribution >= 0.6 is 11.6 Å². The third kappa shape index (κ3) is 4.71. The number of ether oxygens (including phenoxy) is 2. The van der Waals surface area contributed by atoms with Gasteiger partial charge in [-0.3, -0.25) is 9.59 Å². The molecule has 0 atom stereocenters. The number of halogens is 1. The van der Waals surface area contributed by atoms with Crippen molar-refractivity contribution in [2.75, 3.05) is 23.4 Å². The number of carbonyl (C=O) groups is 2. The first-order valence-electron chi connectivity index (χ1n) is 10.6. The summed E-state index contributed by atoms with van der Waals surface area (Å²) < 4.78 is 11.1. The zero-order valence-electron chi connectivity index (χ0n) is 18.3. The number of anilines is 2. The summed E-state index contributed by atoms with van der Waals surface area (Å²) in [6, 6.07) is 20.9. The van der Waals surface area contributed by atoms with E-state index in [9.17, 15) is 9.59 Å². The Kier molecular flexibility index (Phi) is 6.66. The molecule has 7 heteroatoms. The lowest BCUT2D eigenvalue weighted by molar-refractivity contribution is -0.120. The van der Waals surface area contributed by atoms with Crippen LogP contribution in [0.5, 0.6) is 11.5 Å². The van der Waals surface area contributed by atoms with E-state index in [1.165, 1.54) is 0 Å². The van der Waals surface area contributed by atoms with E-state index in [2.05, 4.69) is 5.32 Å². The first kappa shape index (κ1) is 22.4. The highest BCUT2D eigenvalue weighted by molar-refractivity contribution is 6.46. The Morgan fingerprint density at radius 1 is 0.818 bits per heavy atom. The van der Waals surface area contributed by atoms with E-state index in [1.807, 2.05) is 32.0 Å². The Balaban J connectivity index is 1.77. The Morgan fingerprint density at radius 2 is 1.48 bits per heavy atom. The van der Waals surface area contributed by atoms with E-state index in [4.69, 9.17) is 21.1 Å². The van der Waals surface area contributed by atoms with Crippen molar-refractivity contribution in [3.63, 3.8) is 0 Å². The van der Waals surface area contributed by atoms with Crippen LogP contribution in [0.4, 0.5) is 11.4 Å². The van der Waals surface area contributed by atoms with Gasteiger partial charge in [0.25, 0.3) is 11.8 Å². The molecule has 0 aliphatic carbocycles. The molecule has 3 aromatic carbocycles. The average Bonchev–Trinajstić information content (AvgIpc) is 3.05. The molecule has 0 spiro atoms. The maximum absolute atomic E-state index is 13.5. The van der Waals surface area contributed by atoms with Crippen LogP contribution in [0.1, 0.15) is 19.4 Å². The van der Waals surface area contributed by atoms with Gasteiger partial charge in [0.1, 0.15) is 17.2 Å². The Bertz CT molecular complexity index is 1200. The van der Waals surface area contributed by atoms with Crippen molar-refractivity contribution in [3.05, 3.63) is 89.1 Å². The van der Waals surface area contributed by atoms with Crippen molar-refractivity contribution >= 4 is 40.4 Å². The number of amides is 2. The average molecular weight is 463 g/mol. The minimum absolute atomic E-state index is 0.188. The predicted molar refractivity (Wildman–Crippen MR) is 130 cm³/mol. The molecule has 0 saturated carbocycles. The van der Waals surface area contributed by atoms with Crippen molar-refractivity contribution in [1.82, 2.24) is 0 Å². The number of carbonyl (C=O) groups excluding carboxylic acids is 2. The number of nitrogens with zero attached hydrogens (tertiary/aromatic N) is 1. The van der Waals surface area contributed by atoms with Crippen LogP contribution in [0, 0.1) is 0 Å². The molecule has 3 aromatic rings. The molecule has 6 nitrogen and oxygen atoms in total. The quantitative estimate of drug-likeness (QED) is 0.445. The van der Waals surface area contributed by atoms with Gasteiger partial charge >= 0.3 is 0 Å². The lowest BCUT2D eigenvalue weighted by atomic mass is 10.0. The molecule has 4 rings (SSSR count). The summed E-state index contributed by atoms with van der Waals surface area (Å²) in [5.74, 6) is 0.479. The second-order valence-corrected chi connectivity index (χ2v) is 7.65. The molecule has 0 fully saturated rings. The van der Waals surface area contributed by atoms with Crippen molar-refractivity contribution < 1.29 is 19.1 Å². The van der Waals surface area contributed by atoms with Gasteiger partial charge < -0.3 is 14.8 Å². The number of hydrogen-bond acceptors (Lipinski definition) is 5. The summed E-state index contributed by atoms with van der Waals surface area (Å²) in [6.07, 6.45) is 0. The van der Waals surface area contributed by atoms with Gasteiger partial charge in [-0.05, 0) is 67.9 Å². The van der Waals surface area contributed by atoms with Crippen molar-refractivity contribution in [1.29, 1.82) is 0 Å². The smallest absolute Gasteiger partial charge is 0.282 e. The highest BCUT2D eigenvalue weighted by Crippen LogP contribution is 2.35. The van der Waals surface area contributed by atoms with Gasteiger partial charge in [0, 0.05) is 16.8 Å². The second-order valence-electron chi connectivity index (χ2n) is 7.22. The predicted octanol–water partition coefficient (Wildman–Crippen LogP) is 5.53. The van der Waals surface area contributed by atoms with E-state index >= 15 is 0 Å². The van der Waals surface area contributed by atoms with Gasteiger partial charge in [0.05, 0.1) is 24.5 Å². The summed E-state index contributed by atoms with van der Waals surface area (Å²) in [7, 11) is 0. The summed E-state index contributed by atoms with van der Waals surface area (Å²) in [6.45, 7) is 4.85. The van der Waals surface area contributed by atoms with Crippen LogP contribution < -0.4 is 19.7 Å². The highest BCUT2D eigenvalue weighted by Gasteiger charge is 2.40. The molecule has 1 aliphatic rings. The monoisotopic (exact) mass is 462 g/mol. The molecule has 168 valence electrons. The summed E-state index contributed by atoms with van der Waals surface area (Å²) in [5, 5.41) is 3.67. The van der Waals surface area contributed by atoms with E-state index in [0.29, 0.717) is 46.7 Å². The molecule has 0 bridgehead atoms. The Morgan fingerprint density at radius 3 is 2.15 bits per heavy atom. The van der Waals surface area contributed by atoms with Crippen LogP contribution in [0.3, 0.4) is 0 Å². The summed E-state index contributed by atoms with van der Waals surface area (Å²) in [5.41, 5.74) is 2.15. The fourth-order valence-corrected chi connectivity index (χ4v) is 3.72. The van der Waals surface area contributed by atoms with E-state index in [-0.39, 0.29) is 11.3 Å². The lowest BCUT2D eigenvalue weighted by Crippen LogP contribution is -2.32. The molecular weight excluding hydrogens is 440 g/mol. The van der Waals surface area contributed by atoms with E-state index < -0.39 is 11.8 Å². The molecule has 1 N–H and O–H groups in total. The van der Waals surface area contributed by atoms with Gasteiger partial charge in [-0.1, -0.05) is 29.8 Å². The van der Waals surface area contributed by atoms with Crippen LogP contribution in [-0.2, 0) is 9.59 Å². The van der Waals surface area contributed by atoms with Crippen LogP contribution in [-0.4, -0.2) is 25.0 Å². The van der Waals surface area contributed by atoms with E-state index in [0.717, 1.165) is 4.90 Å². The number of nitrogens with one attached hydrogen (secondary N) is 1. The first-order valence-corrected chi connectivity index (χ1v) is 11.0. The second kappa shape index (κ2) is 9.79. The van der Waals surface area contributed by atoms with Gasteiger partial charge in [-0.15, -0.1) is 0 Å². The fourth-order valence-electron chi connectivity index (χ4n) is 3.60. The normalized spacial score (nSPS) is 13.5. The van der Waals surface area contributed by atoms with Gasteiger partial charge in [0.2, 0.25) is 0 Å². The maximum atomic E-state index is 13.5. The SMILES string of the molecule is CCOc1ccc(C2=C(Nc3cccc(OCC)c3)C(=O)N(c3ccc(Cl)cc3)C2=O)cc1. The molecule has 0 aromatic heterocycles. The molecular formula is C26H23ClN2O4. The standard InChI is InChI=1S/C26H23ClN2O4/c1-3-32-21-14-8-17(9-15-21)23-24(28-19-6-5-7-22(16-19)33-4-2)26(31)29(25(23)30)20-12-10-18(27)11-13-20/h5-16,28H,3-4H2,1-2H3. The molecule has 0 saturated heterocycles. The number of rotatable bonds is 8. The molecule has 0 radical (unpaired) electrons. The molecule has 1 aliphatic heterocycles. The fraction of sp³-hybridized carbons (Fsp3) is 0.154. The van der Waals surface area contributed by atoms with Crippen LogP contribution in [0.2, 0.25) is 5.02 Å². The Labute approximate surface area is 197 Å². The molecule has 1 heterocycles. The van der Waals surface area contributed by atoms with Gasteiger partial charge in [-0.2, -0.15) is 0 Å². The number of hydrogen-bond donors (Lipinski definition) is 1. The molecule has 0 unspecified atom stereocenters. The van der Waals surface area contributed by atoms with Crippen LogP contribution in [0.15, 0.2) is 78.5 Å².